The second kappa shape index (κ2) is 11.7. The second-order valence-electron chi connectivity index (χ2n) is 6.43. The van der Waals surface area contributed by atoms with Gasteiger partial charge >= 0.3 is 0 Å². The lowest BCUT2D eigenvalue weighted by atomic mass is 9.98. The Hall–Kier alpha value is -0.830. The zero-order chi connectivity index (χ0) is 17.4. The van der Waals surface area contributed by atoms with E-state index in [4.69, 9.17) is 9.15 Å². The van der Waals surface area contributed by atoms with Crippen molar-refractivity contribution in [3.63, 3.8) is 0 Å². The van der Waals surface area contributed by atoms with Gasteiger partial charge in [0.15, 0.2) is 5.96 Å². The Labute approximate surface area is 168 Å². The number of hydrogen-bond acceptors (Lipinski definition) is 4. The van der Waals surface area contributed by atoms with E-state index in [1.165, 1.54) is 25.7 Å². The minimum absolute atomic E-state index is 0. The third-order valence-electron chi connectivity index (χ3n) is 4.73. The van der Waals surface area contributed by atoms with Crippen molar-refractivity contribution >= 4 is 29.9 Å². The maximum Gasteiger partial charge on any atom is 0.214 e. The van der Waals surface area contributed by atoms with Crippen molar-refractivity contribution < 1.29 is 9.15 Å². The highest BCUT2D eigenvalue weighted by Crippen LogP contribution is 2.30. The summed E-state index contributed by atoms with van der Waals surface area (Å²) in [5.74, 6) is 3.04. The number of aryl methyl sites for hydroxylation is 2. The van der Waals surface area contributed by atoms with E-state index in [-0.39, 0.29) is 24.0 Å². The highest BCUT2D eigenvalue weighted by atomic mass is 127. The summed E-state index contributed by atoms with van der Waals surface area (Å²) in [4.78, 5) is 8.63. The van der Waals surface area contributed by atoms with Crippen molar-refractivity contribution in [2.24, 2.45) is 10.9 Å². The van der Waals surface area contributed by atoms with Crippen molar-refractivity contribution in [1.82, 2.24) is 15.6 Å². The highest BCUT2D eigenvalue weighted by Gasteiger charge is 2.25. The van der Waals surface area contributed by atoms with E-state index in [2.05, 4.69) is 27.5 Å². The summed E-state index contributed by atoms with van der Waals surface area (Å²) in [6.07, 6.45) is 6.68. The van der Waals surface area contributed by atoms with E-state index in [0.29, 0.717) is 18.5 Å². The Morgan fingerprint density at radius 3 is 2.60 bits per heavy atom. The third kappa shape index (κ3) is 7.13. The molecule has 25 heavy (non-hydrogen) atoms. The zero-order valence-corrected chi connectivity index (χ0v) is 18.3. The SMILES string of the molecule is CCOC(CCNC(=NC)NCc1nc(C)c(C)o1)C1CCCC1.I. The number of hydrogen-bond donors (Lipinski definition) is 2. The molecule has 0 bridgehead atoms. The Morgan fingerprint density at radius 1 is 1.32 bits per heavy atom. The van der Waals surface area contributed by atoms with Gasteiger partial charge in [-0.25, -0.2) is 4.98 Å². The van der Waals surface area contributed by atoms with Crippen molar-refractivity contribution in [1.29, 1.82) is 0 Å². The third-order valence-corrected chi connectivity index (χ3v) is 4.73. The fourth-order valence-corrected chi connectivity index (χ4v) is 3.33. The molecule has 7 heteroatoms. The van der Waals surface area contributed by atoms with Gasteiger partial charge in [0.05, 0.1) is 18.3 Å². The number of aliphatic imine (C=N–C) groups is 1. The van der Waals surface area contributed by atoms with Gasteiger partial charge in [-0.3, -0.25) is 4.99 Å². The summed E-state index contributed by atoms with van der Waals surface area (Å²) in [5, 5.41) is 6.61. The van der Waals surface area contributed by atoms with Crippen LogP contribution in [0.1, 0.15) is 56.4 Å². The Kier molecular flexibility index (Phi) is 10.4. The minimum Gasteiger partial charge on any atom is -0.444 e. The van der Waals surface area contributed by atoms with Crippen LogP contribution in [0.5, 0.6) is 0 Å². The molecule has 0 aliphatic heterocycles. The van der Waals surface area contributed by atoms with Crippen molar-refractivity contribution in [3.8, 4) is 0 Å². The number of oxazole rings is 1. The molecular formula is C18H33IN4O2. The number of ether oxygens (including phenoxy) is 1. The maximum absolute atomic E-state index is 5.96. The molecule has 1 atom stereocenters. The van der Waals surface area contributed by atoms with Gasteiger partial charge in [0.25, 0.3) is 0 Å². The maximum atomic E-state index is 5.96. The van der Waals surface area contributed by atoms with Crippen LogP contribution in [-0.4, -0.2) is 37.2 Å². The molecule has 2 N–H and O–H groups in total. The molecule has 1 saturated carbocycles. The van der Waals surface area contributed by atoms with Crippen molar-refractivity contribution in [3.05, 3.63) is 17.3 Å². The van der Waals surface area contributed by atoms with E-state index in [1.807, 2.05) is 13.8 Å². The molecular weight excluding hydrogens is 431 g/mol. The van der Waals surface area contributed by atoms with Gasteiger partial charge in [0, 0.05) is 20.2 Å². The number of rotatable bonds is 8. The summed E-state index contributed by atoms with van der Waals surface area (Å²) >= 11 is 0. The summed E-state index contributed by atoms with van der Waals surface area (Å²) in [7, 11) is 1.78. The van der Waals surface area contributed by atoms with Crippen molar-refractivity contribution in [2.45, 2.75) is 65.5 Å². The lowest BCUT2D eigenvalue weighted by Crippen LogP contribution is -2.39. The van der Waals surface area contributed by atoms with Gasteiger partial charge in [0.1, 0.15) is 5.76 Å². The Bertz CT molecular complexity index is 508. The number of guanidine groups is 1. The van der Waals surface area contributed by atoms with E-state index in [0.717, 1.165) is 42.9 Å². The van der Waals surface area contributed by atoms with E-state index in [1.54, 1.807) is 7.05 Å². The van der Waals surface area contributed by atoms with Crippen LogP contribution in [0.15, 0.2) is 9.41 Å². The molecule has 1 aromatic rings. The smallest absolute Gasteiger partial charge is 0.214 e. The molecule has 1 unspecified atom stereocenters. The predicted molar refractivity (Wildman–Crippen MR) is 112 cm³/mol. The molecule has 0 spiro atoms. The summed E-state index contributed by atoms with van der Waals surface area (Å²) < 4.78 is 11.5. The largest absolute Gasteiger partial charge is 0.444 e. The number of halogens is 1. The quantitative estimate of drug-likeness (QED) is 0.350. The summed E-state index contributed by atoms with van der Waals surface area (Å²) in [6, 6.07) is 0. The lowest BCUT2D eigenvalue weighted by molar-refractivity contribution is 0.0169. The average Bonchev–Trinajstić information content (AvgIpc) is 3.20. The van der Waals surface area contributed by atoms with Gasteiger partial charge in [0.2, 0.25) is 5.89 Å². The molecule has 1 heterocycles. The van der Waals surface area contributed by atoms with E-state index < -0.39 is 0 Å². The molecule has 0 radical (unpaired) electrons. The van der Waals surface area contributed by atoms with Gasteiger partial charge < -0.3 is 19.8 Å². The number of aromatic nitrogens is 1. The molecule has 0 saturated heterocycles. The van der Waals surface area contributed by atoms with E-state index >= 15 is 0 Å². The Morgan fingerprint density at radius 2 is 2.04 bits per heavy atom. The monoisotopic (exact) mass is 464 g/mol. The van der Waals surface area contributed by atoms with Gasteiger partial charge in [-0.2, -0.15) is 0 Å². The fourth-order valence-electron chi connectivity index (χ4n) is 3.33. The molecule has 1 fully saturated rings. The molecule has 6 nitrogen and oxygen atoms in total. The van der Waals surface area contributed by atoms with Crippen molar-refractivity contribution in [2.75, 3.05) is 20.2 Å². The standard InChI is InChI=1S/C18H32N4O2.HI/c1-5-23-16(15-8-6-7-9-15)10-11-20-18(19-4)21-12-17-22-13(2)14(3)24-17;/h15-16H,5-12H2,1-4H3,(H2,19,20,21);1H. The zero-order valence-electron chi connectivity index (χ0n) is 15.9. The van der Waals surface area contributed by atoms with Crippen LogP contribution in [0.3, 0.4) is 0 Å². The highest BCUT2D eigenvalue weighted by molar-refractivity contribution is 14.0. The lowest BCUT2D eigenvalue weighted by Gasteiger charge is -2.23. The van der Waals surface area contributed by atoms with Gasteiger partial charge in [-0.1, -0.05) is 12.8 Å². The van der Waals surface area contributed by atoms with Crippen LogP contribution >= 0.6 is 24.0 Å². The molecule has 1 aliphatic carbocycles. The fraction of sp³-hybridized carbons (Fsp3) is 0.778. The predicted octanol–water partition coefficient (Wildman–Crippen LogP) is 3.56. The van der Waals surface area contributed by atoms with Crippen LogP contribution in [0.2, 0.25) is 0 Å². The summed E-state index contributed by atoms with van der Waals surface area (Å²) in [6.45, 7) is 8.13. The first-order valence-electron chi connectivity index (χ1n) is 9.13. The van der Waals surface area contributed by atoms with Crippen LogP contribution < -0.4 is 10.6 Å². The molecule has 2 rings (SSSR count). The molecule has 1 aliphatic rings. The van der Waals surface area contributed by atoms with Gasteiger partial charge in [-0.15, -0.1) is 24.0 Å². The van der Waals surface area contributed by atoms with E-state index in [9.17, 15) is 0 Å². The van der Waals surface area contributed by atoms with Crippen LogP contribution in [0.25, 0.3) is 0 Å². The van der Waals surface area contributed by atoms with Gasteiger partial charge in [-0.05, 0) is 46.0 Å². The molecule has 144 valence electrons. The molecule has 0 aromatic carbocycles. The van der Waals surface area contributed by atoms with Crippen LogP contribution in [0.4, 0.5) is 0 Å². The first-order valence-corrected chi connectivity index (χ1v) is 9.13. The Balaban J connectivity index is 0.00000312. The average molecular weight is 464 g/mol. The number of nitrogens with one attached hydrogen (secondary N) is 2. The topological polar surface area (TPSA) is 71.7 Å². The normalized spacial score (nSPS) is 16.6. The second-order valence-corrected chi connectivity index (χ2v) is 6.43. The first kappa shape index (κ1) is 22.2. The molecule has 0 amide bonds. The first-order chi connectivity index (χ1) is 11.6. The molecule has 1 aromatic heterocycles. The number of nitrogens with zero attached hydrogens (tertiary/aromatic N) is 2. The minimum atomic E-state index is 0. The van der Waals surface area contributed by atoms with Crippen LogP contribution in [-0.2, 0) is 11.3 Å². The van der Waals surface area contributed by atoms with Crippen LogP contribution in [0, 0.1) is 19.8 Å². The summed E-state index contributed by atoms with van der Waals surface area (Å²) in [5.41, 5.74) is 0.936.